The summed E-state index contributed by atoms with van der Waals surface area (Å²) in [6, 6.07) is 17.2. The van der Waals surface area contributed by atoms with Crippen molar-refractivity contribution in [3.05, 3.63) is 77.7 Å². The smallest absolute Gasteiger partial charge is 0.123 e. The van der Waals surface area contributed by atoms with Crippen LogP contribution in [-0.2, 0) is 0 Å². The van der Waals surface area contributed by atoms with E-state index in [9.17, 15) is 9.50 Å². The van der Waals surface area contributed by atoms with Gasteiger partial charge in [-0.25, -0.2) is 9.37 Å². The molecule has 0 bridgehead atoms. The van der Waals surface area contributed by atoms with E-state index < -0.39 is 6.10 Å². The van der Waals surface area contributed by atoms with Gasteiger partial charge in [-0.2, -0.15) is 0 Å². The highest BCUT2D eigenvalue weighted by Crippen LogP contribution is 2.22. The van der Waals surface area contributed by atoms with Gasteiger partial charge in [0.2, 0.25) is 0 Å². The van der Waals surface area contributed by atoms with Gasteiger partial charge in [0.15, 0.2) is 0 Å². The fourth-order valence-electron chi connectivity index (χ4n) is 2.07. The number of aliphatic hydroxyl groups is 1. The Bertz CT molecular complexity index is 712. The molecule has 0 amide bonds. The molecule has 3 aromatic rings. The van der Waals surface area contributed by atoms with Crippen molar-refractivity contribution in [2.45, 2.75) is 6.10 Å². The standard InChI is InChI=1S/C16H12FNO/c17-13-7-9-14-12(10-13)6-8-15(18-14)16(19)11-4-2-1-3-5-11/h1-10,16,19H/t16-/m1/s1. The van der Waals surface area contributed by atoms with Crippen molar-refractivity contribution < 1.29 is 9.50 Å². The zero-order valence-electron chi connectivity index (χ0n) is 10.1. The first kappa shape index (κ1) is 11.8. The van der Waals surface area contributed by atoms with Crippen molar-refractivity contribution in [2.75, 3.05) is 0 Å². The first-order chi connectivity index (χ1) is 9.24. The first-order valence-electron chi connectivity index (χ1n) is 6.03. The van der Waals surface area contributed by atoms with Crippen molar-refractivity contribution in [1.29, 1.82) is 0 Å². The van der Waals surface area contributed by atoms with Crippen LogP contribution >= 0.6 is 0 Å². The predicted molar refractivity (Wildman–Crippen MR) is 72.2 cm³/mol. The summed E-state index contributed by atoms with van der Waals surface area (Å²) in [6.07, 6.45) is -0.768. The van der Waals surface area contributed by atoms with Crippen LogP contribution in [0.5, 0.6) is 0 Å². The fraction of sp³-hybridized carbons (Fsp3) is 0.0625. The number of aromatic nitrogens is 1. The first-order valence-corrected chi connectivity index (χ1v) is 6.03. The Morgan fingerprint density at radius 2 is 1.74 bits per heavy atom. The molecule has 0 fully saturated rings. The number of benzene rings is 2. The lowest BCUT2D eigenvalue weighted by Crippen LogP contribution is -2.02. The van der Waals surface area contributed by atoms with Crippen LogP contribution in [0, 0.1) is 5.82 Å². The minimum Gasteiger partial charge on any atom is -0.382 e. The van der Waals surface area contributed by atoms with E-state index >= 15 is 0 Å². The van der Waals surface area contributed by atoms with E-state index in [2.05, 4.69) is 4.98 Å². The van der Waals surface area contributed by atoms with Crippen molar-refractivity contribution >= 4 is 10.9 Å². The largest absolute Gasteiger partial charge is 0.382 e. The van der Waals surface area contributed by atoms with Crippen LogP contribution in [0.15, 0.2) is 60.7 Å². The van der Waals surface area contributed by atoms with Crippen LogP contribution in [-0.4, -0.2) is 10.1 Å². The molecule has 0 aliphatic rings. The molecule has 0 saturated heterocycles. The molecule has 94 valence electrons. The van der Waals surface area contributed by atoms with Crippen LogP contribution in [0.1, 0.15) is 17.4 Å². The molecule has 0 saturated carbocycles. The Labute approximate surface area is 110 Å². The Morgan fingerprint density at radius 3 is 2.53 bits per heavy atom. The van der Waals surface area contributed by atoms with E-state index in [1.807, 2.05) is 30.3 Å². The van der Waals surface area contributed by atoms with Gasteiger partial charge in [0.1, 0.15) is 11.9 Å². The summed E-state index contributed by atoms with van der Waals surface area (Å²) in [4.78, 5) is 4.38. The fourth-order valence-corrected chi connectivity index (χ4v) is 2.07. The van der Waals surface area contributed by atoms with Gasteiger partial charge in [-0.15, -0.1) is 0 Å². The van der Waals surface area contributed by atoms with Crippen LogP contribution in [0.4, 0.5) is 4.39 Å². The van der Waals surface area contributed by atoms with E-state index in [0.717, 1.165) is 10.9 Å². The number of pyridine rings is 1. The summed E-state index contributed by atoms with van der Waals surface area (Å²) in [7, 11) is 0. The lowest BCUT2D eigenvalue weighted by molar-refractivity contribution is 0.216. The molecule has 0 aliphatic heterocycles. The van der Waals surface area contributed by atoms with Gasteiger partial charge in [-0.3, -0.25) is 0 Å². The van der Waals surface area contributed by atoms with E-state index in [0.29, 0.717) is 11.2 Å². The van der Waals surface area contributed by atoms with Crippen molar-refractivity contribution in [3.8, 4) is 0 Å². The minimum absolute atomic E-state index is 0.286. The number of hydrogen-bond donors (Lipinski definition) is 1. The average Bonchev–Trinajstić information content (AvgIpc) is 2.47. The third-order valence-corrected chi connectivity index (χ3v) is 3.07. The lowest BCUT2D eigenvalue weighted by atomic mass is 10.1. The highest BCUT2D eigenvalue weighted by atomic mass is 19.1. The van der Waals surface area contributed by atoms with Crippen LogP contribution in [0.2, 0.25) is 0 Å². The molecule has 3 heteroatoms. The van der Waals surface area contributed by atoms with Crippen molar-refractivity contribution in [3.63, 3.8) is 0 Å². The Morgan fingerprint density at radius 1 is 0.947 bits per heavy atom. The molecule has 0 spiro atoms. The third-order valence-electron chi connectivity index (χ3n) is 3.07. The van der Waals surface area contributed by atoms with Gasteiger partial charge in [-0.1, -0.05) is 36.4 Å². The number of halogens is 1. The second kappa shape index (κ2) is 4.78. The summed E-state index contributed by atoms with van der Waals surface area (Å²) in [5.74, 6) is -0.286. The lowest BCUT2D eigenvalue weighted by Gasteiger charge is -2.11. The SMILES string of the molecule is O[C@H](c1ccccc1)c1ccc2cc(F)ccc2n1. The highest BCUT2D eigenvalue weighted by Gasteiger charge is 2.11. The zero-order valence-corrected chi connectivity index (χ0v) is 10.1. The molecule has 19 heavy (non-hydrogen) atoms. The molecule has 1 heterocycles. The van der Waals surface area contributed by atoms with E-state index in [-0.39, 0.29) is 5.82 Å². The molecule has 1 atom stereocenters. The molecule has 1 N–H and O–H groups in total. The van der Waals surface area contributed by atoms with Gasteiger partial charge < -0.3 is 5.11 Å². The van der Waals surface area contributed by atoms with Gasteiger partial charge in [0.25, 0.3) is 0 Å². The van der Waals surface area contributed by atoms with E-state index in [1.165, 1.54) is 12.1 Å². The molecule has 2 nitrogen and oxygen atoms in total. The summed E-state index contributed by atoms with van der Waals surface area (Å²) < 4.78 is 13.1. The normalized spacial score (nSPS) is 12.5. The summed E-state index contributed by atoms with van der Waals surface area (Å²) in [6.45, 7) is 0. The van der Waals surface area contributed by atoms with Gasteiger partial charge in [0, 0.05) is 5.39 Å². The topological polar surface area (TPSA) is 33.1 Å². The van der Waals surface area contributed by atoms with E-state index in [4.69, 9.17) is 0 Å². The number of hydrogen-bond acceptors (Lipinski definition) is 2. The Balaban J connectivity index is 2.04. The Kier molecular flexibility index (Phi) is 2.97. The second-order valence-electron chi connectivity index (χ2n) is 4.39. The maximum Gasteiger partial charge on any atom is 0.123 e. The maximum atomic E-state index is 13.1. The van der Waals surface area contributed by atoms with Gasteiger partial charge in [0.05, 0.1) is 11.2 Å². The molecule has 0 aliphatic carbocycles. The molecular formula is C16H12FNO. The maximum absolute atomic E-state index is 13.1. The van der Waals surface area contributed by atoms with Crippen LogP contribution < -0.4 is 0 Å². The second-order valence-corrected chi connectivity index (χ2v) is 4.39. The number of aliphatic hydroxyl groups excluding tert-OH is 1. The van der Waals surface area contributed by atoms with Gasteiger partial charge in [-0.05, 0) is 29.8 Å². The third kappa shape index (κ3) is 2.33. The molecular weight excluding hydrogens is 241 g/mol. The molecule has 1 aromatic heterocycles. The quantitative estimate of drug-likeness (QED) is 0.758. The summed E-state index contributed by atoms with van der Waals surface area (Å²) >= 11 is 0. The molecule has 2 aromatic carbocycles. The van der Waals surface area contributed by atoms with Gasteiger partial charge >= 0.3 is 0 Å². The van der Waals surface area contributed by atoms with Crippen molar-refractivity contribution in [1.82, 2.24) is 4.98 Å². The van der Waals surface area contributed by atoms with Crippen LogP contribution in [0.25, 0.3) is 10.9 Å². The predicted octanol–water partition coefficient (Wildman–Crippen LogP) is 3.46. The number of fused-ring (bicyclic) bond motifs is 1. The number of nitrogens with zero attached hydrogens (tertiary/aromatic N) is 1. The minimum atomic E-state index is -0.768. The van der Waals surface area contributed by atoms with Crippen LogP contribution in [0.3, 0.4) is 0 Å². The summed E-state index contributed by atoms with van der Waals surface area (Å²) in [5, 5.41) is 11.0. The molecule has 0 radical (unpaired) electrons. The summed E-state index contributed by atoms with van der Waals surface area (Å²) in [5.41, 5.74) is 2.02. The highest BCUT2D eigenvalue weighted by molar-refractivity contribution is 5.78. The molecule has 0 unspecified atom stereocenters. The zero-order chi connectivity index (χ0) is 13.2. The average molecular weight is 253 g/mol. The Hall–Kier alpha value is -2.26. The molecule has 3 rings (SSSR count). The van der Waals surface area contributed by atoms with Crippen molar-refractivity contribution in [2.24, 2.45) is 0 Å². The number of rotatable bonds is 2. The monoisotopic (exact) mass is 253 g/mol. The van der Waals surface area contributed by atoms with E-state index in [1.54, 1.807) is 18.2 Å².